The Labute approximate surface area is 141 Å². The Morgan fingerprint density at radius 2 is 1.95 bits per heavy atom. The van der Waals surface area contributed by atoms with Crippen molar-refractivity contribution in [1.29, 1.82) is 0 Å². The number of urea groups is 1. The normalized spacial score (nSPS) is 10.2. The fraction of sp³-hybridized carbons (Fsp3) is 0.0769. The van der Waals surface area contributed by atoms with Gasteiger partial charge in [0, 0.05) is 15.0 Å². The highest BCUT2D eigenvalue weighted by atomic mass is 79.9. The lowest BCUT2D eigenvalue weighted by atomic mass is 10.2. The lowest BCUT2D eigenvalue weighted by molar-refractivity contribution is 0.0697. The van der Waals surface area contributed by atoms with Crippen molar-refractivity contribution >= 4 is 60.9 Å². The van der Waals surface area contributed by atoms with Crippen molar-refractivity contribution in [1.82, 2.24) is 5.32 Å². The molecule has 0 aliphatic heterocycles. The number of amides is 2. The fourth-order valence-electron chi connectivity index (χ4n) is 1.57. The molecule has 2 aromatic rings. The van der Waals surface area contributed by atoms with Gasteiger partial charge in [0.25, 0.3) is 0 Å². The summed E-state index contributed by atoms with van der Waals surface area (Å²) in [5.41, 5.74) is 0.508. The number of carbonyl (C=O) groups is 2. The molecule has 2 rings (SSSR count). The Kier molecular flexibility index (Phi) is 5.38. The Hall–Kier alpha value is -1.38. The minimum Gasteiger partial charge on any atom is -0.478 e. The van der Waals surface area contributed by atoms with Gasteiger partial charge in [0.2, 0.25) is 0 Å². The van der Waals surface area contributed by atoms with Gasteiger partial charge in [0.15, 0.2) is 0 Å². The zero-order chi connectivity index (χ0) is 15.4. The Bertz CT molecular complexity index is 688. The van der Waals surface area contributed by atoms with E-state index < -0.39 is 12.0 Å². The SMILES string of the molecule is O=C(NCc1ccc(Br)s1)Nc1cc(Br)cc(C(=O)O)c1. The van der Waals surface area contributed by atoms with E-state index in [1.165, 1.54) is 23.5 Å². The van der Waals surface area contributed by atoms with Crippen LogP contribution in [0.3, 0.4) is 0 Å². The van der Waals surface area contributed by atoms with Crippen LogP contribution >= 0.6 is 43.2 Å². The molecule has 21 heavy (non-hydrogen) atoms. The predicted octanol–water partition coefficient (Wildman–Crippen LogP) is 4.29. The number of anilines is 1. The number of rotatable bonds is 4. The quantitative estimate of drug-likeness (QED) is 0.672. The van der Waals surface area contributed by atoms with Crippen LogP contribution < -0.4 is 10.6 Å². The molecule has 0 radical (unpaired) electrons. The van der Waals surface area contributed by atoms with Crippen molar-refractivity contribution in [3.63, 3.8) is 0 Å². The van der Waals surface area contributed by atoms with Crippen LogP contribution in [0.25, 0.3) is 0 Å². The van der Waals surface area contributed by atoms with E-state index in [1.54, 1.807) is 6.07 Å². The molecule has 0 unspecified atom stereocenters. The van der Waals surface area contributed by atoms with Crippen LogP contribution in [0.2, 0.25) is 0 Å². The average Bonchev–Trinajstić information content (AvgIpc) is 2.81. The first-order valence-electron chi connectivity index (χ1n) is 5.77. The molecule has 1 aromatic carbocycles. The van der Waals surface area contributed by atoms with E-state index in [1.807, 2.05) is 12.1 Å². The Balaban J connectivity index is 1.97. The molecule has 0 fully saturated rings. The molecular formula is C13H10Br2N2O3S. The summed E-state index contributed by atoms with van der Waals surface area (Å²) in [6, 6.07) is 7.93. The van der Waals surface area contributed by atoms with Crippen molar-refractivity contribution in [3.05, 3.63) is 49.0 Å². The van der Waals surface area contributed by atoms with E-state index in [0.29, 0.717) is 16.7 Å². The van der Waals surface area contributed by atoms with E-state index in [4.69, 9.17) is 5.11 Å². The molecule has 1 aromatic heterocycles. The standard InChI is InChI=1S/C13H10Br2N2O3S/c14-8-3-7(12(18)19)4-9(5-8)17-13(20)16-6-10-1-2-11(15)21-10/h1-5H,6H2,(H,18,19)(H2,16,17,20). The molecule has 0 spiro atoms. The lowest BCUT2D eigenvalue weighted by Crippen LogP contribution is -2.27. The van der Waals surface area contributed by atoms with Gasteiger partial charge in [-0.2, -0.15) is 0 Å². The van der Waals surface area contributed by atoms with E-state index in [2.05, 4.69) is 42.5 Å². The van der Waals surface area contributed by atoms with Crippen molar-refractivity contribution in [2.24, 2.45) is 0 Å². The number of halogens is 2. The smallest absolute Gasteiger partial charge is 0.335 e. The van der Waals surface area contributed by atoms with E-state index >= 15 is 0 Å². The van der Waals surface area contributed by atoms with Crippen molar-refractivity contribution in [2.45, 2.75) is 6.54 Å². The first kappa shape index (κ1) is 16.0. The summed E-state index contributed by atoms with van der Waals surface area (Å²) in [6.45, 7) is 0.405. The first-order chi connectivity index (χ1) is 9.94. The Morgan fingerprint density at radius 1 is 1.19 bits per heavy atom. The average molecular weight is 434 g/mol. The maximum absolute atomic E-state index is 11.8. The maximum atomic E-state index is 11.8. The summed E-state index contributed by atoms with van der Waals surface area (Å²) in [4.78, 5) is 23.8. The summed E-state index contributed by atoms with van der Waals surface area (Å²) in [5, 5.41) is 14.3. The summed E-state index contributed by atoms with van der Waals surface area (Å²) >= 11 is 8.10. The molecule has 1 heterocycles. The van der Waals surface area contributed by atoms with Crippen LogP contribution in [0.4, 0.5) is 10.5 Å². The van der Waals surface area contributed by atoms with E-state index in [9.17, 15) is 9.59 Å². The molecular weight excluding hydrogens is 424 g/mol. The van der Waals surface area contributed by atoms with Crippen LogP contribution in [0, 0.1) is 0 Å². The minimum atomic E-state index is -1.05. The van der Waals surface area contributed by atoms with Gasteiger partial charge in [0.1, 0.15) is 0 Å². The lowest BCUT2D eigenvalue weighted by Gasteiger charge is -2.08. The molecule has 0 aliphatic rings. The second-order valence-electron chi connectivity index (χ2n) is 4.05. The number of carboxylic acids is 1. The van der Waals surface area contributed by atoms with Gasteiger partial charge in [-0.25, -0.2) is 9.59 Å². The van der Waals surface area contributed by atoms with Crippen LogP contribution in [0.1, 0.15) is 15.2 Å². The summed E-state index contributed by atoms with van der Waals surface area (Å²) in [5.74, 6) is -1.05. The van der Waals surface area contributed by atoms with E-state index in [0.717, 1.165) is 8.66 Å². The molecule has 0 atom stereocenters. The highest BCUT2D eigenvalue weighted by Crippen LogP contribution is 2.22. The zero-order valence-corrected chi connectivity index (χ0v) is 14.5. The summed E-state index contributed by atoms with van der Waals surface area (Å²) < 4.78 is 1.58. The number of aromatic carboxylic acids is 1. The molecule has 0 aliphatic carbocycles. The number of carbonyl (C=O) groups excluding carboxylic acids is 1. The number of benzene rings is 1. The van der Waals surface area contributed by atoms with Crippen LogP contribution in [-0.2, 0) is 6.54 Å². The molecule has 0 saturated carbocycles. The van der Waals surface area contributed by atoms with Gasteiger partial charge in [-0.05, 0) is 46.3 Å². The van der Waals surface area contributed by atoms with Crippen LogP contribution in [0.15, 0.2) is 38.6 Å². The van der Waals surface area contributed by atoms with Gasteiger partial charge in [-0.3, -0.25) is 0 Å². The second-order valence-corrected chi connectivity index (χ2v) is 7.51. The first-order valence-corrected chi connectivity index (χ1v) is 8.17. The fourth-order valence-corrected chi connectivity index (χ4v) is 3.49. The number of nitrogens with one attached hydrogen (secondary N) is 2. The molecule has 5 nitrogen and oxygen atoms in total. The van der Waals surface area contributed by atoms with Gasteiger partial charge >= 0.3 is 12.0 Å². The molecule has 2 amide bonds. The maximum Gasteiger partial charge on any atom is 0.335 e. The van der Waals surface area contributed by atoms with Crippen molar-refractivity contribution < 1.29 is 14.7 Å². The van der Waals surface area contributed by atoms with Gasteiger partial charge in [0.05, 0.1) is 15.9 Å². The number of thiophene rings is 1. The Morgan fingerprint density at radius 3 is 2.57 bits per heavy atom. The van der Waals surface area contributed by atoms with Gasteiger partial charge in [-0.1, -0.05) is 15.9 Å². The monoisotopic (exact) mass is 432 g/mol. The van der Waals surface area contributed by atoms with E-state index in [-0.39, 0.29) is 5.56 Å². The number of carboxylic acid groups (broad SMARTS) is 1. The molecule has 0 saturated heterocycles. The predicted molar refractivity (Wildman–Crippen MR) is 89.0 cm³/mol. The molecule has 8 heteroatoms. The number of hydrogen-bond acceptors (Lipinski definition) is 3. The summed E-state index contributed by atoms with van der Waals surface area (Å²) in [7, 11) is 0. The summed E-state index contributed by atoms with van der Waals surface area (Å²) in [6.07, 6.45) is 0. The van der Waals surface area contributed by atoms with Gasteiger partial charge in [-0.15, -0.1) is 11.3 Å². The van der Waals surface area contributed by atoms with Gasteiger partial charge < -0.3 is 15.7 Å². The third-order valence-electron chi connectivity index (χ3n) is 2.45. The van der Waals surface area contributed by atoms with Crippen LogP contribution in [0.5, 0.6) is 0 Å². The largest absolute Gasteiger partial charge is 0.478 e. The zero-order valence-electron chi connectivity index (χ0n) is 10.5. The minimum absolute atomic E-state index is 0.0989. The van der Waals surface area contributed by atoms with Crippen molar-refractivity contribution in [3.8, 4) is 0 Å². The highest BCUT2D eigenvalue weighted by molar-refractivity contribution is 9.11. The third kappa shape index (κ3) is 4.83. The molecule has 110 valence electrons. The number of hydrogen-bond donors (Lipinski definition) is 3. The topological polar surface area (TPSA) is 78.4 Å². The highest BCUT2D eigenvalue weighted by Gasteiger charge is 2.08. The third-order valence-corrected chi connectivity index (χ3v) is 4.54. The van der Waals surface area contributed by atoms with Crippen molar-refractivity contribution in [2.75, 3.05) is 5.32 Å². The second kappa shape index (κ2) is 7.06. The molecule has 3 N–H and O–H groups in total. The molecule has 0 bridgehead atoms. The van der Waals surface area contributed by atoms with Crippen LogP contribution in [-0.4, -0.2) is 17.1 Å².